The van der Waals surface area contributed by atoms with Crippen molar-refractivity contribution in [1.82, 2.24) is 9.78 Å². The van der Waals surface area contributed by atoms with Crippen molar-refractivity contribution in [2.75, 3.05) is 18.5 Å². The maximum atomic E-state index is 12.2. The van der Waals surface area contributed by atoms with E-state index in [4.69, 9.17) is 16.3 Å². The van der Waals surface area contributed by atoms with Crippen LogP contribution in [0.3, 0.4) is 0 Å². The first-order chi connectivity index (χ1) is 10.00. The van der Waals surface area contributed by atoms with E-state index in [9.17, 15) is 9.59 Å². The first kappa shape index (κ1) is 15.8. The number of nitrogens with one attached hydrogen (secondary N) is 1. The zero-order chi connectivity index (χ0) is 15.5. The molecule has 1 fully saturated rings. The second-order valence-electron chi connectivity index (χ2n) is 5.36. The Morgan fingerprint density at radius 1 is 1.52 bits per heavy atom. The molecule has 7 heteroatoms. The van der Waals surface area contributed by atoms with Gasteiger partial charge in [-0.25, -0.2) is 4.68 Å². The van der Waals surface area contributed by atoms with Crippen molar-refractivity contribution in [3.05, 3.63) is 21.6 Å². The highest BCUT2D eigenvalue weighted by molar-refractivity contribution is 6.32. The number of halogens is 1. The van der Waals surface area contributed by atoms with E-state index in [2.05, 4.69) is 10.4 Å². The van der Waals surface area contributed by atoms with Gasteiger partial charge in [0.1, 0.15) is 5.02 Å². The molecular formula is C14H20ClN3O3. The third-order valence-corrected chi connectivity index (χ3v) is 4.33. The molecule has 1 N–H and O–H groups in total. The fourth-order valence-electron chi connectivity index (χ4n) is 2.69. The number of aromatic nitrogens is 2. The van der Waals surface area contributed by atoms with Gasteiger partial charge in [0.05, 0.1) is 23.9 Å². The number of ether oxygens (including phenoxy) is 1. The van der Waals surface area contributed by atoms with Gasteiger partial charge in [-0.15, -0.1) is 0 Å². The first-order valence-electron chi connectivity index (χ1n) is 7.13. The molecule has 21 heavy (non-hydrogen) atoms. The highest BCUT2D eigenvalue weighted by Crippen LogP contribution is 2.39. The molecule has 0 aliphatic heterocycles. The molecule has 6 nitrogen and oxygen atoms in total. The third-order valence-electron chi connectivity index (χ3n) is 3.96. The first-order valence-corrected chi connectivity index (χ1v) is 7.51. The fraction of sp³-hybridized carbons (Fsp3) is 0.643. The van der Waals surface area contributed by atoms with Gasteiger partial charge in [0, 0.05) is 13.6 Å². The average Bonchev–Trinajstić information content (AvgIpc) is 2.94. The Morgan fingerprint density at radius 3 is 2.81 bits per heavy atom. The minimum atomic E-state index is -0.527. The number of esters is 1. The summed E-state index contributed by atoms with van der Waals surface area (Å²) in [6.07, 6.45) is 5.08. The minimum absolute atomic E-state index is 0.0875. The van der Waals surface area contributed by atoms with Crippen molar-refractivity contribution in [3.63, 3.8) is 0 Å². The molecule has 1 saturated carbocycles. The van der Waals surface area contributed by atoms with Gasteiger partial charge in [-0.05, 0) is 19.8 Å². The van der Waals surface area contributed by atoms with Crippen LogP contribution < -0.4 is 10.9 Å². The molecule has 0 atom stereocenters. The monoisotopic (exact) mass is 313 g/mol. The lowest BCUT2D eigenvalue weighted by atomic mass is 9.86. The molecule has 0 bridgehead atoms. The van der Waals surface area contributed by atoms with Crippen molar-refractivity contribution in [2.45, 2.75) is 32.6 Å². The predicted octanol–water partition coefficient (Wildman–Crippen LogP) is 1.97. The number of aryl methyl sites for hydroxylation is 1. The fourth-order valence-corrected chi connectivity index (χ4v) is 2.93. The molecule has 0 radical (unpaired) electrons. The van der Waals surface area contributed by atoms with Crippen LogP contribution in [-0.2, 0) is 16.6 Å². The van der Waals surface area contributed by atoms with E-state index >= 15 is 0 Å². The maximum Gasteiger partial charge on any atom is 0.313 e. The van der Waals surface area contributed by atoms with E-state index in [1.54, 1.807) is 6.92 Å². The Hall–Kier alpha value is -1.56. The summed E-state index contributed by atoms with van der Waals surface area (Å²) < 4.78 is 6.37. The van der Waals surface area contributed by atoms with Gasteiger partial charge in [0.2, 0.25) is 0 Å². The highest BCUT2D eigenvalue weighted by Gasteiger charge is 2.42. The number of carbonyl (C=O) groups excluding carboxylic acids is 1. The normalized spacial score (nSPS) is 16.7. The topological polar surface area (TPSA) is 73.2 Å². The van der Waals surface area contributed by atoms with E-state index < -0.39 is 5.41 Å². The summed E-state index contributed by atoms with van der Waals surface area (Å²) in [7, 11) is 1.54. The number of anilines is 1. The maximum absolute atomic E-state index is 12.2. The number of nitrogens with zero attached hydrogens (tertiary/aromatic N) is 2. The van der Waals surface area contributed by atoms with Gasteiger partial charge in [-0.2, -0.15) is 5.10 Å². The van der Waals surface area contributed by atoms with Gasteiger partial charge in [-0.1, -0.05) is 24.4 Å². The zero-order valence-electron chi connectivity index (χ0n) is 12.3. The second-order valence-corrected chi connectivity index (χ2v) is 5.74. The van der Waals surface area contributed by atoms with Crippen molar-refractivity contribution in [2.24, 2.45) is 12.5 Å². The van der Waals surface area contributed by atoms with Crippen molar-refractivity contribution >= 4 is 23.3 Å². The average molecular weight is 314 g/mol. The summed E-state index contributed by atoms with van der Waals surface area (Å²) >= 11 is 6.02. The molecule has 1 aliphatic carbocycles. The molecule has 0 amide bonds. The van der Waals surface area contributed by atoms with E-state index in [1.807, 2.05) is 0 Å². The number of carbonyl (C=O) groups is 1. The number of rotatable bonds is 5. The lowest BCUT2D eigenvalue weighted by molar-refractivity contribution is -0.154. The van der Waals surface area contributed by atoms with Crippen LogP contribution in [0, 0.1) is 5.41 Å². The molecule has 0 saturated heterocycles. The lowest BCUT2D eigenvalue weighted by Crippen LogP contribution is -2.37. The summed E-state index contributed by atoms with van der Waals surface area (Å²) in [6, 6.07) is 0. The highest BCUT2D eigenvalue weighted by atomic mass is 35.5. The van der Waals surface area contributed by atoms with Gasteiger partial charge in [0.15, 0.2) is 0 Å². The van der Waals surface area contributed by atoms with Crippen LogP contribution in [0.5, 0.6) is 0 Å². The molecule has 1 aliphatic rings. The molecule has 1 aromatic rings. The van der Waals surface area contributed by atoms with Crippen molar-refractivity contribution in [1.29, 1.82) is 0 Å². The van der Waals surface area contributed by atoms with Crippen LogP contribution in [0.25, 0.3) is 0 Å². The number of hydrogen-bond donors (Lipinski definition) is 1. The van der Waals surface area contributed by atoms with E-state index in [-0.39, 0.29) is 16.6 Å². The van der Waals surface area contributed by atoms with Gasteiger partial charge in [0.25, 0.3) is 5.56 Å². The van der Waals surface area contributed by atoms with Crippen LogP contribution in [0.2, 0.25) is 5.02 Å². The van der Waals surface area contributed by atoms with Crippen LogP contribution in [0.1, 0.15) is 32.6 Å². The van der Waals surface area contributed by atoms with Crippen molar-refractivity contribution in [3.8, 4) is 0 Å². The quantitative estimate of drug-likeness (QED) is 0.841. The Kier molecular flexibility index (Phi) is 4.88. The molecule has 2 rings (SSSR count). The van der Waals surface area contributed by atoms with Gasteiger partial charge < -0.3 is 10.1 Å². The lowest BCUT2D eigenvalue weighted by Gasteiger charge is -2.27. The summed E-state index contributed by atoms with van der Waals surface area (Å²) in [5, 5.41) is 7.11. The molecule has 1 heterocycles. The van der Waals surface area contributed by atoms with Crippen LogP contribution in [0.4, 0.5) is 5.69 Å². The van der Waals surface area contributed by atoms with Crippen molar-refractivity contribution < 1.29 is 9.53 Å². The standard InChI is InChI=1S/C14H20ClN3O3/c1-3-21-13(20)14(6-4-5-7-14)9-16-10-8-17-18(2)12(19)11(10)15/h8,16H,3-7,9H2,1-2H3. The summed E-state index contributed by atoms with van der Waals surface area (Å²) in [5.41, 5.74) is -0.436. The molecular weight excluding hydrogens is 294 g/mol. The smallest absolute Gasteiger partial charge is 0.313 e. The molecule has 116 valence electrons. The van der Waals surface area contributed by atoms with Crippen LogP contribution in [0.15, 0.2) is 11.0 Å². The molecule has 0 spiro atoms. The second kappa shape index (κ2) is 6.47. The predicted molar refractivity (Wildman–Crippen MR) is 80.5 cm³/mol. The Bertz CT molecular complexity index is 579. The Morgan fingerprint density at radius 2 is 2.19 bits per heavy atom. The molecule has 0 aromatic carbocycles. The van der Waals surface area contributed by atoms with Crippen LogP contribution >= 0.6 is 11.6 Å². The van der Waals surface area contributed by atoms with E-state index in [1.165, 1.54) is 17.9 Å². The largest absolute Gasteiger partial charge is 0.466 e. The third kappa shape index (κ3) is 3.20. The SMILES string of the molecule is CCOC(=O)C1(CNc2cnn(C)c(=O)c2Cl)CCCC1. The van der Waals surface area contributed by atoms with Gasteiger partial charge in [-0.3, -0.25) is 9.59 Å². The Balaban J connectivity index is 2.15. The minimum Gasteiger partial charge on any atom is -0.466 e. The van der Waals surface area contributed by atoms with Gasteiger partial charge >= 0.3 is 5.97 Å². The summed E-state index contributed by atoms with van der Waals surface area (Å²) in [4.78, 5) is 24.0. The van der Waals surface area contributed by atoms with E-state index in [0.29, 0.717) is 18.8 Å². The van der Waals surface area contributed by atoms with E-state index in [0.717, 1.165) is 25.7 Å². The number of hydrogen-bond acceptors (Lipinski definition) is 5. The molecule has 0 unspecified atom stereocenters. The summed E-state index contributed by atoms with van der Waals surface area (Å²) in [5.74, 6) is -0.178. The molecule has 1 aromatic heterocycles. The Labute approximate surface area is 128 Å². The summed E-state index contributed by atoms with van der Waals surface area (Å²) in [6.45, 7) is 2.57. The zero-order valence-corrected chi connectivity index (χ0v) is 13.1. The van der Waals surface area contributed by atoms with Crippen LogP contribution in [-0.4, -0.2) is 28.9 Å².